The van der Waals surface area contributed by atoms with Crippen LogP contribution in [0.5, 0.6) is 0 Å². The zero-order valence-electron chi connectivity index (χ0n) is 8.58. The molecule has 2 rings (SSSR count). The van der Waals surface area contributed by atoms with Crippen LogP contribution in [0.4, 0.5) is 10.2 Å². The first-order valence-electron chi connectivity index (χ1n) is 5.28. The first kappa shape index (κ1) is 10.4. The van der Waals surface area contributed by atoms with E-state index in [9.17, 15) is 4.39 Å². The molecule has 1 aliphatic rings. The molecule has 1 aromatic rings. The average molecular weight is 210 g/mol. The van der Waals surface area contributed by atoms with Crippen molar-refractivity contribution >= 4 is 5.82 Å². The first-order chi connectivity index (χ1) is 7.36. The topological polar surface area (TPSA) is 34.2 Å². The highest BCUT2D eigenvalue weighted by atomic mass is 19.1. The fourth-order valence-corrected chi connectivity index (χ4v) is 1.73. The van der Waals surface area contributed by atoms with E-state index in [2.05, 4.69) is 10.3 Å². The minimum absolute atomic E-state index is 0.297. The molecular weight excluding hydrogens is 195 g/mol. The van der Waals surface area contributed by atoms with E-state index in [4.69, 9.17) is 4.74 Å². The number of rotatable bonds is 3. The third-order valence-electron chi connectivity index (χ3n) is 2.57. The van der Waals surface area contributed by atoms with Crippen molar-refractivity contribution in [1.29, 1.82) is 0 Å². The molecule has 0 amide bonds. The Morgan fingerprint density at radius 1 is 1.60 bits per heavy atom. The summed E-state index contributed by atoms with van der Waals surface area (Å²) in [4.78, 5) is 3.94. The smallest absolute Gasteiger partial charge is 0.165 e. The van der Waals surface area contributed by atoms with E-state index < -0.39 is 0 Å². The van der Waals surface area contributed by atoms with E-state index in [1.165, 1.54) is 6.07 Å². The van der Waals surface area contributed by atoms with Crippen LogP contribution in [0, 0.1) is 11.7 Å². The molecule has 1 N–H and O–H groups in total. The highest BCUT2D eigenvalue weighted by molar-refractivity contribution is 5.35. The van der Waals surface area contributed by atoms with Crippen LogP contribution >= 0.6 is 0 Å². The molecular formula is C11H15FN2O. The van der Waals surface area contributed by atoms with Crippen molar-refractivity contribution in [2.75, 3.05) is 25.1 Å². The molecule has 1 atom stereocenters. The van der Waals surface area contributed by atoms with E-state index in [-0.39, 0.29) is 5.82 Å². The van der Waals surface area contributed by atoms with Gasteiger partial charge in [-0.15, -0.1) is 0 Å². The van der Waals surface area contributed by atoms with Crippen LogP contribution in [0.3, 0.4) is 0 Å². The Balaban J connectivity index is 1.84. The van der Waals surface area contributed by atoms with Gasteiger partial charge in [-0.2, -0.15) is 0 Å². The van der Waals surface area contributed by atoms with Gasteiger partial charge in [0.25, 0.3) is 0 Å². The number of hydrogen-bond acceptors (Lipinski definition) is 3. The largest absolute Gasteiger partial charge is 0.381 e. The molecule has 1 unspecified atom stereocenters. The van der Waals surface area contributed by atoms with E-state index >= 15 is 0 Å². The lowest BCUT2D eigenvalue weighted by atomic mass is 10.0. The molecule has 0 aliphatic carbocycles. The van der Waals surface area contributed by atoms with Gasteiger partial charge in [-0.05, 0) is 30.9 Å². The molecule has 0 bridgehead atoms. The maximum atomic E-state index is 13.2. The number of nitrogens with one attached hydrogen (secondary N) is 1. The summed E-state index contributed by atoms with van der Waals surface area (Å²) < 4.78 is 18.5. The molecule has 15 heavy (non-hydrogen) atoms. The van der Waals surface area contributed by atoms with Gasteiger partial charge in [-0.3, -0.25) is 0 Å². The second kappa shape index (κ2) is 5.07. The fourth-order valence-electron chi connectivity index (χ4n) is 1.73. The van der Waals surface area contributed by atoms with Crippen molar-refractivity contribution in [1.82, 2.24) is 4.98 Å². The Morgan fingerprint density at radius 3 is 3.27 bits per heavy atom. The maximum Gasteiger partial charge on any atom is 0.165 e. The van der Waals surface area contributed by atoms with Crippen LogP contribution in [0.25, 0.3) is 0 Å². The second-order valence-corrected chi connectivity index (χ2v) is 3.80. The molecule has 1 aromatic heterocycles. The maximum absolute atomic E-state index is 13.2. The third-order valence-corrected chi connectivity index (χ3v) is 2.57. The molecule has 1 fully saturated rings. The Morgan fingerprint density at radius 2 is 2.53 bits per heavy atom. The van der Waals surface area contributed by atoms with Gasteiger partial charge in [-0.25, -0.2) is 9.37 Å². The summed E-state index contributed by atoms with van der Waals surface area (Å²) in [6.07, 6.45) is 3.82. The Hall–Kier alpha value is -1.16. The van der Waals surface area contributed by atoms with Crippen LogP contribution in [-0.4, -0.2) is 24.7 Å². The Bertz CT molecular complexity index is 313. The van der Waals surface area contributed by atoms with Gasteiger partial charge in [-0.1, -0.05) is 0 Å². The molecule has 0 spiro atoms. The molecule has 1 aliphatic heterocycles. The number of pyridine rings is 1. The Labute approximate surface area is 88.7 Å². The van der Waals surface area contributed by atoms with E-state index in [0.717, 1.165) is 32.6 Å². The normalized spacial score (nSPS) is 21.3. The minimum Gasteiger partial charge on any atom is -0.381 e. The van der Waals surface area contributed by atoms with Crippen LogP contribution in [0.15, 0.2) is 18.3 Å². The van der Waals surface area contributed by atoms with Gasteiger partial charge in [0.1, 0.15) is 0 Å². The van der Waals surface area contributed by atoms with Crippen molar-refractivity contribution < 1.29 is 9.13 Å². The average Bonchev–Trinajstić information content (AvgIpc) is 2.29. The molecule has 0 saturated carbocycles. The molecule has 0 aromatic carbocycles. The summed E-state index contributed by atoms with van der Waals surface area (Å²) in [6, 6.07) is 3.00. The first-order valence-corrected chi connectivity index (χ1v) is 5.28. The van der Waals surface area contributed by atoms with Gasteiger partial charge in [0.2, 0.25) is 0 Å². The second-order valence-electron chi connectivity index (χ2n) is 3.80. The molecule has 3 nitrogen and oxygen atoms in total. The standard InChI is InChI=1S/C11H15FN2O/c12-10-4-1-5-13-11(10)14-7-9-3-2-6-15-8-9/h1,4-5,9H,2-3,6-8H2,(H,13,14). The summed E-state index contributed by atoms with van der Waals surface area (Å²) in [5.41, 5.74) is 0. The fraction of sp³-hybridized carbons (Fsp3) is 0.545. The number of halogens is 1. The van der Waals surface area contributed by atoms with Gasteiger partial charge in [0, 0.05) is 19.3 Å². The summed E-state index contributed by atoms with van der Waals surface area (Å²) in [7, 11) is 0. The SMILES string of the molecule is Fc1cccnc1NCC1CCCOC1. The zero-order chi connectivity index (χ0) is 10.5. The summed E-state index contributed by atoms with van der Waals surface area (Å²) in [5.74, 6) is 0.512. The van der Waals surface area contributed by atoms with E-state index in [0.29, 0.717) is 11.7 Å². The number of ether oxygens (including phenoxy) is 1. The lowest BCUT2D eigenvalue weighted by Crippen LogP contribution is -2.24. The number of hydrogen-bond donors (Lipinski definition) is 1. The third kappa shape index (κ3) is 2.89. The van der Waals surface area contributed by atoms with Gasteiger partial charge in [0.15, 0.2) is 11.6 Å². The summed E-state index contributed by atoms with van der Waals surface area (Å²) >= 11 is 0. The number of nitrogens with zero attached hydrogens (tertiary/aromatic N) is 1. The van der Waals surface area contributed by atoms with Crippen LogP contribution < -0.4 is 5.32 Å². The van der Waals surface area contributed by atoms with Crippen molar-refractivity contribution in [3.05, 3.63) is 24.1 Å². The highest BCUT2D eigenvalue weighted by Gasteiger charge is 2.14. The van der Waals surface area contributed by atoms with Gasteiger partial charge >= 0.3 is 0 Å². The van der Waals surface area contributed by atoms with Crippen LogP contribution in [0.1, 0.15) is 12.8 Å². The summed E-state index contributed by atoms with van der Waals surface area (Å²) in [5, 5.41) is 3.02. The molecule has 4 heteroatoms. The quantitative estimate of drug-likeness (QED) is 0.829. The number of anilines is 1. The van der Waals surface area contributed by atoms with Crippen molar-refractivity contribution in [2.24, 2.45) is 5.92 Å². The van der Waals surface area contributed by atoms with E-state index in [1.54, 1.807) is 12.3 Å². The predicted octanol–water partition coefficient (Wildman–Crippen LogP) is 2.06. The lowest BCUT2D eigenvalue weighted by molar-refractivity contribution is 0.0594. The monoisotopic (exact) mass is 210 g/mol. The molecule has 0 radical (unpaired) electrons. The molecule has 82 valence electrons. The highest BCUT2D eigenvalue weighted by Crippen LogP contribution is 2.15. The van der Waals surface area contributed by atoms with Crippen molar-refractivity contribution in [3.8, 4) is 0 Å². The van der Waals surface area contributed by atoms with Crippen molar-refractivity contribution in [3.63, 3.8) is 0 Å². The van der Waals surface area contributed by atoms with Crippen LogP contribution in [-0.2, 0) is 4.74 Å². The summed E-state index contributed by atoms with van der Waals surface area (Å²) in [6.45, 7) is 2.35. The number of aromatic nitrogens is 1. The molecule has 1 saturated heterocycles. The zero-order valence-corrected chi connectivity index (χ0v) is 8.58. The van der Waals surface area contributed by atoms with Gasteiger partial charge in [0.05, 0.1) is 6.61 Å². The van der Waals surface area contributed by atoms with Gasteiger partial charge < -0.3 is 10.1 Å². The van der Waals surface area contributed by atoms with Crippen LogP contribution in [0.2, 0.25) is 0 Å². The lowest BCUT2D eigenvalue weighted by Gasteiger charge is -2.22. The minimum atomic E-state index is -0.297. The molecule has 2 heterocycles. The Kier molecular flexibility index (Phi) is 3.50. The van der Waals surface area contributed by atoms with E-state index in [1.807, 2.05) is 0 Å². The van der Waals surface area contributed by atoms with Crippen molar-refractivity contribution in [2.45, 2.75) is 12.8 Å². The predicted molar refractivity (Wildman–Crippen MR) is 56.2 cm³/mol.